The average molecular weight is 453 g/mol. The molecule has 3 aromatic carbocycles. The van der Waals surface area contributed by atoms with Gasteiger partial charge in [0.2, 0.25) is 0 Å². The predicted molar refractivity (Wildman–Crippen MR) is 135 cm³/mol. The molecule has 6 heteroatoms. The van der Waals surface area contributed by atoms with Gasteiger partial charge in [-0.05, 0) is 56.7 Å². The number of rotatable bonds is 0. The molecule has 0 spiro atoms. The summed E-state index contributed by atoms with van der Waals surface area (Å²) in [7, 11) is 0. The predicted octanol–water partition coefficient (Wildman–Crippen LogP) is 5.82. The van der Waals surface area contributed by atoms with E-state index in [1.807, 2.05) is 87.5 Å². The number of aromatic hydroxyl groups is 3. The molecule has 5 rings (SSSR count). The molecule has 0 saturated heterocycles. The van der Waals surface area contributed by atoms with Crippen molar-refractivity contribution in [3.05, 3.63) is 102 Å². The van der Waals surface area contributed by atoms with E-state index in [1.165, 1.54) is 0 Å². The molecule has 0 unspecified atom stereocenters. The van der Waals surface area contributed by atoms with Crippen molar-refractivity contribution in [3.8, 4) is 17.2 Å². The number of phenolic OH excluding ortho intramolecular Hbond substituents is 3. The zero-order valence-electron chi connectivity index (χ0n) is 18.9. The van der Waals surface area contributed by atoms with Crippen LogP contribution in [0.3, 0.4) is 0 Å². The normalized spacial score (nSPS) is 9.79. The Morgan fingerprint density at radius 3 is 1.30 bits per heavy atom. The quantitative estimate of drug-likeness (QED) is 0.257. The van der Waals surface area contributed by atoms with Crippen molar-refractivity contribution in [3.63, 3.8) is 0 Å². The van der Waals surface area contributed by atoms with Crippen LogP contribution < -0.4 is 0 Å². The molecule has 33 heavy (non-hydrogen) atoms. The number of para-hydroxylation sites is 3. The van der Waals surface area contributed by atoms with E-state index in [4.69, 9.17) is 5.11 Å². The van der Waals surface area contributed by atoms with Crippen molar-refractivity contribution in [1.82, 2.24) is 9.97 Å². The van der Waals surface area contributed by atoms with Gasteiger partial charge in [0, 0.05) is 39.5 Å². The van der Waals surface area contributed by atoms with E-state index in [-0.39, 0.29) is 28.9 Å². The third kappa shape index (κ3) is 6.95. The minimum atomic E-state index is 0. The number of benzene rings is 3. The highest BCUT2D eigenvalue weighted by atomic mass is 27.0. The fourth-order valence-electron chi connectivity index (χ4n) is 3.02. The fraction of sp³-hybridized carbons (Fsp3) is 0.111. The van der Waals surface area contributed by atoms with Crippen LogP contribution in [0.15, 0.2) is 84.9 Å². The Hall–Kier alpha value is -3.59. The van der Waals surface area contributed by atoms with Crippen molar-refractivity contribution in [2.24, 2.45) is 0 Å². The summed E-state index contributed by atoms with van der Waals surface area (Å²) in [5.41, 5.74) is 4.12. The van der Waals surface area contributed by atoms with Crippen LogP contribution in [-0.4, -0.2) is 42.6 Å². The molecule has 2 heterocycles. The number of pyridine rings is 2. The average Bonchev–Trinajstić information content (AvgIpc) is 2.78. The first-order valence-corrected chi connectivity index (χ1v) is 10.2. The van der Waals surface area contributed by atoms with Crippen LogP contribution >= 0.6 is 0 Å². The van der Waals surface area contributed by atoms with Crippen LogP contribution in [0.25, 0.3) is 21.8 Å². The molecule has 165 valence electrons. The number of hydrogen-bond acceptors (Lipinski definition) is 5. The number of nitrogens with zero attached hydrogens (tertiary/aromatic N) is 2. The largest absolute Gasteiger partial charge is 0.508 e. The van der Waals surface area contributed by atoms with Gasteiger partial charge in [-0.2, -0.15) is 0 Å². The van der Waals surface area contributed by atoms with E-state index in [0.29, 0.717) is 16.8 Å². The van der Waals surface area contributed by atoms with Gasteiger partial charge >= 0.3 is 0 Å². The summed E-state index contributed by atoms with van der Waals surface area (Å²) in [4.78, 5) is 8.45. The Balaban J connectivity index is 0.000000177. The van der Waals surface area contributed by atoms with E-state index < -0.39 is 0 Å². The van der Waals surface area contributed by atoms with E-state index in [1.54, 1.807) is 18.2 Å². The summed E-state index contributed by atoms with van der Waals surface area (Å²) in [6.45, 7) is 5.69. The number of hydrogen-bond donors (Lipinski definition) is 3. The van der Waals surface area contributed by atoms with Crippen LogP contribution in [0.2, 0.25) is 0 Å². The number of aromatic nitrogens is 2. The van der Waals surface area contributed by atoms with Crippen molar-refractivity contribution < 1.29 is 15.3 Å². The first kappa shape index (κ1) is 25.7. The zero-order valence-corrected chi connectivity index (χ0v) is 20.1. The summed E-state index contributed by atoms with van der Waals surface area (Å²) in [5, 5.41) is 29.7. The van der Waals surface area contributed by atoms with Crippen LogP contribution in [-0.2, 0) is 0 Å². The molecule has 3 N–H and O–H groups in total. The van der Waals surface area contributed by atoms with Gasteiger partial charge in [-0.1, -0.05) is 54.6 Å². The van der Waals surface area contributed by atoms with E-state index in [9.17, 15) is 10.2 Å². The molecule has 0 aliphatic heterocycles. The number of aryl methyl sites for hydroxylation is 3. The van der Waals surface area contributed by atoms with Gasteiger partial charge < -0.3 is 15.3 Å². The first-order valence-electron chi connectivity index (χ1n) is 10.2. The van der Waals surface area contributed by atoms with Gasteiger partial charge in [0.15, 0.2) is 0 Å². The first-order chi connectivity index (χ1) is 15.3. The molecule has 3 radical (unpaired) electrons. The Labute approximate surface area is 204 Å². The molecule has 2 aromatic heterocycles. The Morgan fingerprint density at radius 2 is 0.909 bits per heavy atom. The summed E-state index contributed by atoms with van der Waals surface area (Å²) in [6.07, 6.45) is 0. The second-order valence-electron chi connectivity index (χ2n) is 7.39. The van der Waals surface area contributed by atoms with Crippen LogP contribution in [0, 0.1) is 20.8 Å². The minimum absolute atomic E-state index is 0. The molecule has 0 fully saturated rings. The molecular formula is C27H26AlN2O3. The Bertz CT molecular complexity index is 1250. The van der Waals surface area contributed by atoms with E-state index in [2.05, 4.69) is 9.97 Å². The zero-order chi connectivity index (χ0) is 23.1. The SMILES string of the molecule is Cc1ccc2cccc(O)c2n1.Cc1ccc2cccc(O)c2n1.Cc1ccccc1O.[Al]. The fourth-order valence-corrected chi connectivity index (χ4v) is 3.02. The molecule has 5 aromatic rings. The van der Waals surface area contributed by atoms with E-state index in [0.717, 1.165) is 27.7 Å². The van der Waals surface area contributed by atoms with Crippen LogP contribution in [0.5, 0.6) is 17.2 Å². The Morgan fingerprint density at radius 1 is 0.485 bits per heavy atom. The van der Waals surface area contributed by atoms with Gasteiger partial charge in [0.05, 0.1) is 0 Å². The van der Waals surface area contributed by atoms with Crippen molar-refractivity contribution in [2.75, 3.05) is 0 Å². The van der Waals surface area contributed by atoms with Crippen molar-refractivity contribution >= 4 is 39.2 Å². The van der Waals surface area contributed by atoms with Gasteiger partial charge in [0.25, 0.3) is 0 Å². The maximum absolute atomic E-state index is 9.43. The summed E-state index contributed by atoms with van der Waals surface area (Å²) in [6, 6.07) is 25.8. The maximum Gasteiger partial charge on any atom is 0.141 e. The van der Waals surface area contributed by atoms with Gasteiger partial charge in [-0.15, -0.1) is 0 Å². The maximum atomic E-state index is 9.43. The minimum Gasteiger partial charge on any atom is -0.508 e. The third-order valence-corrected chi connectivity index (χ3v) is 4.79. The summed E-state index contributed by atoms with van der Waals surface area (Å²) < 4.78 is 0. The molecule has 5 nitrogen and oxygen atoms in total. The third-order valence-electron chi connectivity index (χ3n) is 4.79. The lowest BCUT2D eigenvalue weighted by Crippen LogP contribution is -1.82. The second-order valence-corrected chi connectivity index (χ2v) is 7.39. The highest BCUT2D eigenvalue weighted by Crippen LogP contribution is 2.22. The number of fused-ring (bicyclic) bond motifs is 2. The van der Waals surface area contributed by atoms with Crippen LogP contribution in [0.1, 0.15) is 17.0 Å². The Kier molecular flexibility index (Phi) is 9.23. The summed E-state index contributed by atoms with van der Waals surface area (Å²) in [5.74, 6) is 0.861. The molecular weight excluding hydrogens is 427 g/mol. The van der Waals surface area contributed by atoms with Gasteiger partial charge in [-0.3, -0.25) is 0 Å². The molecule has 0 atom stereocenters. The monoisotopic (exact) mass is 453 g/mol. The van der Waals surface area contributed by atoms with Crippen LogP contribution in [0.4, 0.5) is 0 Å². The summed E-state index contributed by atoms with van der Waals surface area (Å²) >= 11 is 0. The number of phenols is 3. The molecule has 0 aliphatic carbocycles. The van der Waals surface area contributed by atoms with Gasteiger partial charge in [-0.25, -0.2) is 9.97 Å². The molecule has 0 amide bonds. The lowest BCUT2D eigenvalue weighted by Gasteiger charge is -1.99. The smallest absolute Gasteiger partial charge is 0.141 e. The molecule has 0 aliphatic rings. The molecule has 0 saturated carbocycles. The highest BCUT2D eigenvalue weighted by molar-refractivity contribution is 5.84. The topological polar surface area (TPSA) is 86.5 Å². The van der Waals surface area contributed by atoms with Gasteiger partial charge in [0.1, 0.15) is 28.3 Å². The van der Waals surface area contributed by atoms with Crippen molar-refractivity contribution in [1.29, 1.82) is 0 Å². The van der Waals surface area contributed by atoms with E-state index >= 15 is 0 Å². The second kappa shape index (κ2) is 11.9. The highest BCUT2D eigenvalue weighted by Gasteiger charge is 2.00. The lowest BCUT2D eigenvalue weighted by atomic mass is 10.2. The lowest BCUT2D eigenvalue weighted by molar-refractivity contribution is 0.471. The van der Waals surface area contributed by atoms with Crippen molar-refractivity contribution in [2.45, 2.75) is 20.8 Å². The molecule has 0 bridgehead atoms. The standard InChI is InChI=1S/2C10H9NO.C7H8O.Al/c2*1-7-5-6-8-3-2-4-9(12)10(8)11-7;1-6-4-2-3-5-7(6)8;/h2*2-6,12H,1H3;2-5,8H,1H3;.